The number of piperidine rings is 1. The molecule has 11 heteroatoms. The molecule has 1 fully saturated rings. The number of nitrogens with one attached hydrogen (secondary N) is 1. The first-order valence-corrected chi connectivity index (χ1v) is 12.9. The number of hydrogen-bond acceptors (Lipinski definition) is 8. The number of carbonyl (C=O) groups excluding carboxylic acids is 1. The maximum absolute atomic E-state index is 13.6. The minimum absolute atomic E-state index is 0.144. The topological polar surface area (TPSA) is 107 Å². The molecule has 0 bridgehead atoms. The second-order valence-electron chi connectivity index (χ2n) is 8.14. The molecule has 9 nitrogen and oxygen atoms in total. The third-order valence-corrected chi connectivity index (χ3v) is 6.26. The molecule has 0 spiro atoms. The fraction of sp³-hybridized carbons (Fsp3) is 0.333. The minimum atomic E-state index is -3.47. The second-order valence-corrected chi connectivity index (χ2v) is 9.88. The Bertz CT molecular complexity index is 1290. The van der Waals surface area contributed by atoms with Crippen LogP contribution in [0.4, 0.5) is 10.1 Å². The highest BCUT2D eigenvalue weighted by molar-refractivity contribution is 7.92. The lowest BCUT2D eigenvalue weighted by Gasteiger charge is -2.37. The van der Waals surface area contributed by atoms with Gasteiger partial charge in [0.05, 0.1) is 25.7 Å². The Balaban J connectivity index is 1.71. The van der Waals surface area contributed by atoms with Crippen molar-refractivity contribution in [1.82, 2.24) is 4.90 Å². The SMILES string of the molecule is CCOC(=O)C1(c2ccc(F)cc2)ON=C2C(=Cc3ccc(NS(C)(=O)=O)c(OC)c3)CCCN21. The van der Waals surface area contributed by atoms with Gasteiger partial charge in [-0.15, -0.1) is 0 Å². The molecule has 2 aromatic carbocycles. The molecule has 0 amide bonds. The monoisotopic (exact) mass is 503 g/mol. The molecule has 2 aromatic rings. The lowest BCUT2D eigenvalue weighted by atomic mass is 9.94. The minimum Gasteiger partial charge on any atom is -0.495 e. The Hall–Kier alpha value is -3.60. The molecule has 0 saturated carbocycles. The van der Waals surface area contributed by atoms with Gasteiger partial charge in [-0.1, -0.05) is 11.2 Å². The molecule has 0 aromatic heterocycles. The number of rotatable bonds is 7. The third kappa shape index (κ3) is 4.81. The van der Waals surface area contributed by atoms with E-state index in [-0.39, 0.29) is 6.61 Å². The predicted molar refractivity (Wildman–Crippen MR) is 129 cm³/mol. The van der Waals surface area contributed by atoms with Gasteiger partial charge in [-0.2, -0.15) is 0 Å². The Morgan fingerprint density at radius 2 is 2.03 bits per heavy atom. The molecule has 1 saturated heterocycles. The predicted octanol–water partition coefficient (Wildman–Crippen LogP) is 3.44. The van der Waals surface area contributed by atoms with Gasteiger partial charge in [0.1, 0.15) is 11.6 Å². The van der Waals surface area contributed by atoms with Gasteiger partial charge in [-0.3, -0.25) is 4.72 Å². The number of carbonyl (C=O) groups is 1. The lowest BCUT2D eigenvalue weighted by Crippen LogP contribution is -2.54. The van der Waals surface area contributed by atoms with Gasteiger partial charge in [0, 0.05) is 12.1 Å². The normalized spacial score (nSPS) is 20.6. The molecule has 1 N–H and O–H groups in total. The number of anilines is 1. The molecule has 2 aliphatic heterocycles. The molecular weight excluding hydrogens is 477 g/mol. The van der Waals surface area contributed by atoms with Crippen molar-refractivity contribution in [2.75, 3.05) is 31.2 Å². The fourth-order valence-electron chi connectivity index (χ4n) is 4.19. The number of fused-ring (bicyclic) bond motifs is 1. The summed E-state index contributed by atoms with van der Waals surface area (Å²) in [5, 5.41) is 4.26. The first kappa shape index (κ1) is 24.5. The molecule has 35 heavy (non-hydrogen) atoms. The van der Waals surface area contributed by atoms with Crippen LogP contribution in [0.3, 0.4) is 0 Å². The average molecular weight is 504 g/mol. The summed E-state index contributed by atoms with van der Waals surface area (Å²) in [4.78, 5) is 20.7. The van der Waals surface area contributed by atoms with Crippen LogP contribution >= 0.6 is 0 Å². The molecule has 0 aliphatic carbocycles. The highest BCUT2D eigenvalue weighted by atomic mass is 32.2. The quantitative estimate of drug-likeness (QED) is 0.577. The van der Waals surface area contributed by atoms with Gasteiger partial charge in [-0.05, 0) is 73.4 Å². The number of nitrogens with zero attached hydrogens (tertiary/aromatic N) is 2. The standard InChI is InChI=1S/C24H26FN3O6S/c1-4-33-23(29)24(18-8-10-19(25)11-9-18)28-13-5-6-17(22(28)26-34-24)14-16-7-12-20(21(15-16)32-2)27-35(3,30)31/h7-12,14-15,27H,4-6,13H2,1-3H3. The number of esters is 1. The van der Waals surface area contributed by atoms with Crippen molar-refractivity contribution < 1.29 is 31.9 Å². The molecule has 0 radical (unpaired) electrons. The summed E-state index contributed by atoms with van der Waals surface area (Å²) in [5.41, 5.74) is 0.641. The van der Waals surface area contributed by atoms with E-state index in [9.17, 15) is 17.6 Å². The summed E-state index contributed by atoms with van der Waals surface area (Å²) >= 11 is 0. The highest BCUT2D eigenvalue weighted by Crippen LogP contribution is 2.41. The van der Waals surface area contributed by atoms with Crippen molar-refractivity contribution in [3.63, 3.8) is 0 Å². The number of halogens is 1. The summed E-state index contributed by atoms with van der Waals surface area (Å²) in [7, 11) is -2.02. The smallest absolute Gasteiger partial charge is 0.380 e. The zero-order valence-corrected chi connectivity index (χ0v) is 20.4. The molecule has 186 valence electrons. The molecule has 4 rings (SSSR count). The number of methoxy groups -OCH3 is 1. The summed E-state index contributed by atoms with van der Waals surface area (Å²) in [5.74, 6) is -0.237. The van der Waals surface area contributed by atoms with Crippen LogP contribution in [0.1, 0.15) is 30.9 Å². The van der Waals surface area contributed by atoms with Crippen LogP contribution in [-0.4, -0.2) is 51.6 Å². The number of benzene rings is 2. The van der Waals surface area contributed by atoms with E-state index in [2.05, 4.69) is 9.88 Å². The summed E-state index contributed by atoms with van der Waals surface area (Å²) in [6, 6.07) is 10.6. The first-order chi connectivity index (χ1) is 16.7. The fourth-order valence-corrected chi connectivity index (χ4v) is 4.76. The number of oxime groups is 1. The van der Waals surface area contributed by atoms with Crippen molar-refractivity contribution in [3.05, 3.63) is 65.0 Å². The highest BCUT2D eigenvalue weighted by Gasteiger charge is 2.57. The van der Waals surface area contributed by atoms with E-state index >= 15 is 0 Å². The van der Waals surface area contributed by atoms with Crippen LogP contribution in [0.2, 0.25) is 0 Å². The van der Waals surface area contributed by atoms with Gasteiger partial charge < -0.3 is 19.2 Å². The van der Waals surface area contributed by atoms with E-state index in [1.807, 2.05) is 6.08 Å². The molecule has 2 heterocycles. The number of amidine groups is 1. The summed E-state index contributed by atoms with van der Waals surface area (Å²) < 4.78 is 50.0. The van der Waals surface area contributed by atoms with E-state index in [4.69, 9.17) is 14.3 Å². The second kappa shape index (κ2) is 9.57. The maximum Gasteiger partial charge on any atom is 0.380 e. The van der Waals surface area contributed by atoms with Gasteiger partial charge in [0.2, 0.25) is 10.0 Å². The van der Waals surface area contributed by atoms with E-state index in [0.29, 0.717) is 42.2 Å². The van der Waals surface area contributed by atoms with Crippen LogP contribution in [0.5, 0.6) is 5.75 Å². The Morgan fingerprint density at radius 3 is 2.69 bits per heavy atom. The Kier molecular flexibility index (Phi) is 6.70. The zero-order valence-electron chi connectivity index (χ0n) is 19.6. The summed E-state index contributed by atoms with van der Waals surface area (Å²) in [6.07, 6.45) is 4.33. The van der Waals surface area contributed by atoms with E-state index in [0.717, 1.165) is 17.4 Å². The third-order valence-electron chi connectivity index (χ3n) is 5.66. The van der Waals surface area contributed by atoms with Crippen LogP contribution in [0.15, 0.2) is 53.2 Å². The number of hydrogen-bond donors (Lipinski definition) is 1. The van der Waals surface area contributed by atoms with E-state index in [1.54, 1.807) is 30.0 Å². The molecular formula is C24H26FN3O6S. The molecule has 1 unspecified atom stereocenters. The Morgan fingerprint density at radius 1 is 1.29 bits per heavy atom. The van der Waals surface area contributed by atoms with Crippen LogP contribution in [0.25, 0.3) is 6.08 Å². The van der Waals surface area contributed by atoms with Gasteiger partial charge in [0.15, 0.2) is 5.84 Å². The molecule has 1 atom stereocenters. The van der Waals surface area contributed by atoms with Crippen LogP contribution in [-0.2, 0) is 30.1 Å². The van der Waals surface area contributed by atoms with Crippen molar-refractivity contribution in [2.24, 2.45) is 5.16 Å². The van der Waals surface area contributed by atoms with E-state index < -0.39 is 27.5 Å². The number of sulfonamides is 1. The van der Waals surface area contributed by atoms with Crippen molar-refractivity contribution >= 4 is 33.6 Å². The average Bonchev–Trinajstić information content (AvgIpc) is 3.21. The van der Waals surface area contributed by atoms with Gasteiger partial charge in [0.25, 0.3) is 0 Å². The number of ether oxygens (including phenoxy) is 2. The summed E-state index contributed by atoms with van der Waals surface area (Å²) in [6.45, 7) is 2.32. The van der Waals surface area contributed by atoms with Crippen molar-refractivity contribution in [1.29, 1.82) is 0 Å². The first-order valence-electron chi connectivity index (χ1n) is 11.0. The van der Waals surface area contributed by atoms with Crippen LogP contribution < -0.4 is 9.46 Å². The van der Waals surface area contributed by atoms with Gasteiger partial charge in [-0.25, -0.2) is 17.6 Å². The Labute approximate surface area is 203 Å². The lowest BCUT2D eigenvalue weighted by molar-refractivity contribution is -0.189. The molecule has 2 aliphatic rings. The van der Waals surface area contributed by atoms with Gasteiger partial charge >= 0.3 is 11.7 Å². The van der Waals surface area contributed by atoms with Crippen molar-refractivity contribution in [2.45, 2.75) is 25.5 Å². The maximum atomic E-state index is 13.6. The largest absolute Gasteiger partial charge is 0.495 e. The zero-order chi connectivity index (χ0) is 25.2. The van der Waals surface area contributed by atoms with Crippen LogP contribution in [0, 0.1) is 5.82 Å². The van der Waals surface area contributed by atoms with E-state index in [1.165, 1.54) is 31.4 Å². The van der Waals surface area contributed by atoms with Crippen molar-refractivity contribution in [3.8, 4) is 5.75 Å².